The van der Waals surface area contributed by atoms with Gasteiger partial charge in [-0.3, -0.25) is 4.79 Å². The molecule has 0 amide bonds. The number of hydrogen-bond acceptors (Lipinski definition) is 4. The summed E-state index contributed by atoms with van der Waals surface area (Å²) in [7, 11) is 0. The van der Waals surface area contributed by atoms with Gasteiger partial charge in [0.25, 0.3) is 5.56 Å². The lowest BCUT2D eigenvalue weighted by Gasteiger charge is -2.36. The van der Waals surface area contributed by atoms with Gasteiger partial charge in [-0.2, -0.15) is 13.2 Å². The number of H-pyrrole nitrogens is 1. The number of alkyl halides is 3. The standard InChI is InChI=1S/C20H20F3N5O/c1-11-9-13(20(21,22)23)6-7-14(11)19(3)8-4-5-16-18(26-27-28(16)19)15-10-17(29)25-12(2)24-15/h6-7,9-10H,4-5,8H2,1-3H3,(H,24,25,29). The molecule has 0 saturated carbocycles. The largest absolute Gasteiger partial charge is 0.416 e. The minimum absolute atomic E-state index is 0.272. The first-order valence-corrected chi connectivity index (χ1v) is 9.31. The molecule has 1 unspecified atom stereocenters. The van der Waals surface area contributed by atoms with Crippen molar-refractivity contribution in [2.24, 2.45) is 0 Å². The summed E-state index contributed by atoms with van der Waals surface area (Å²) >= 11 is 0. The van der Waals surface area contributed by atoms with Crippen LogP contribution in [0.15, 0.2) is 29.1 Å². The summed E-state index contributed by atoms with van der Waals surface area (Å²) in [6.45, 7) is 5.33. The molecular formula is C20H20F3N5O. The number of benzene rings is 1. The maximum Gasteiger partial charge on any atom is 0.416 e. The fraction of sp³-hybridized carbons (Fsp3) is 0.400. The Morgan fingerprint density at radius 3 is 2.62 bits per heavy atom. The normalized spacial score (nSPS) is 19.2. The Morgan fingerprint density at radius 2 is 1.97 bits per heavy atom. The van der Waals surface area contributed by atoms with Crippen molar-refractivity contribution in [1.82, 2.24) is 25.0 Å². The van der Waals surface area contributed by atoms with E-state index in [4.69, 9.17) is 0 Å². The molecule has 2 aromatic heterocycles. The zero-order valence-corrected chi connectivity index (χ0v) is 16.3. The molecule has 1 N–H and O–H groups in total. The van der Waals surface area contributed by atoms with Crippen molar-refractivity contribution in [3.8, 4) is 11.4 Å². The monoisotopic (exact) mass is 403 g/mol. The van der Waals surface area contributed by atoms with Crippen LogP contribution in [0.1, 0.15) is 48.0 Å². The van der Waals surface area contributed by atoms with Crippen molar-refractivity contribution in [2.45, 2.75) is 51.7 Å². The highest BCUT2D eigenvalue weighted by Gasteiger charge is 2.39. The van der Waals surface area contributed by atoms with Gasteiger partial charge in [0.15, 0.2) is 0 Å². The van der Waals surface area contributed by atoms with Gasteiger partial charge in [0.2, 0.25) is 0 Å². The van der Waals surface area contributed by atoms with Gasteiger partial charge in [-0.15, -0.1) is 5.10 Å². The van der Waals surface area contributed by atoms with Crippen LogP contribution in [0.25, 0.3) is 11.4 Å². The summed E-state index contributed by atoms with van der Waals surface area (Å²) in [6.07, 6.45) is -2.15. The van der Waals surface area contributed by atoms with Crippen molar-refractivity contribution in [1.29, 1.82) is 0 Å². The number of aromatic amines is 1. The summed E-state index contributed by atoms with van der Waals surface area (Å²) in [6, 6.07) is 5.20. The predicted octanol–water partition coefficient (Wildman–Crippen LogP) is 3.76. The fourth-order valence-corrected chi connectivity index (χ4v) is 4.22. The van der Waals surface area contributed by atoms with E-state index in [-0.39, 0.29) is 5.56 Å². The van der Waals surface area contributed by atoms with Crippen LogP contribution in [0.3, 0.4) is 0 Å². The van der Waals surface area contributed by atoms with E-state index in [1.54, 1.807) is 18.5 Å². The Labute approximate surface area is 164 Å². The average molecular weight is 403 g/mol. The molecule has 0 fully saturated rings. The Bertz CT molecular complexity index is 1150. The summed E-state index contributed by atoms with van der Waals surface area (Å²) in [5, 5.41) is 8.60. The van der Waals surface area contributed by atoms with Gasteiger partial charge in [-0.1, -0.05) is 11.3 Å². The Morgan fingerprint density at radius 1 is 1.21 bits per heavy atom. The number of aromatic nitrogens is 5. The topological polar surface area (TPSA) is 76.5 Å². The minimum atomic E-state index is -4.38. The molecule has 1 aliphatic heterocycles. The first kappa shape index (κ1) is 19.4. The molecule has 3 aromatic rings. The zero-order chi connectivity index (χ0) is 21.0. The van der Waals surface area contributed by atoms with Crippen LogP contribution < -0.4 is 5.56 Å². The number of nitrogens with zero attached hydrogens (tertiary/aromatic N) is 4. The first-order valence-electron chi connectivity index (χ1n) is 9.31. The minimum Gasteiger partial charge on any atom is -0.311 e. The van der Waals surface area contributed by atoms with Crippen LogP contribution >= 0.6 is 0 Å². The van der Waals surface area contributed by atoms with E-state index in [2.05, 4.69) is 20.3 Å². The molecule has 152 valence electrons. The van der Waals surface area contributed by atoms with E-state index in [9.17, 15) is 18.0 Å². The second-order valence-corrected chi connectivity index (χ2v) is 7.67. The van der Waals surface area contributed by atoms with Crippen molar-refractivity contribution in [2.75, 3.05) is 0 Å². The molecule has 0 spiro atoms. The molecule has 0 saturated heterocycles. The van der Waals surface area contributed by atoms with Gasteiger partial charge in [0.1, 0.15) is 17.2 Å². The quantitative estimate of drug-likeness (QED) is 0.707. The average Bonchev–Trinajstić information content (AvgIpc) is 3.05. The fourth-order valence-electron chi connectivity index (χ4n) is 4.22. The van der Waals surface area contributed by atoms with E-state index in [0.29, 0.717) is 29.2 Å². The molecule has 1 aliphatic rings. The Balaban J connectivity index is 1.84. The SMILES string of the molecule is Cc1nc(-c2nnn3c2CCCC3(C)c2ccc(C(F)(F)F)cc2C)cc(=O)[nH]1. The maximum atomic E-state index is 13.1. The molecule has 1 aromatic carbocycles. The number of fused-ring (bicyclic) bond motifs is 1. The molecule has 3 heterocycles. The van der Waals surface area contributed by atoms with Gasteiger partial charge in [-0.05, 0) is 63.3 Å². The molecule has 0 radical (unpaired) electrons. The van der Waals surface area contributed by atoms with Gasteiger partial charge >= 0.3 is 6.18 Å². The lowest BCUT2D eigenvalue weighted by molar-refractivity contribution is -0.137. The molecule has 1 atom stereocenters. The molecule has 0 bridgehead atoms. The van der Waals surface area contributed by atoms with E-state index in [1.165, 1.54) is 18.2 Å². The van der Waals surface area contributed by atoms with Crippen molar-refractivity contribution >= 4 is 0 Å². The van der Waals surface area contributed by atoms with Crippen LogP contribution in [0.4, 0.5) is 13.2 Å². The Kier molecular flexibility index (Phi) is 4.36. The summed E-state index contributed by atoms with van der Waals surface area (Å²) in [4.78, 5) is 18.8. The predicted molar refractivity (Wildman–Crippen MR) is 100 cm³/mol. The molecule has 29 heavy (non-hydrogen) atoms. The third-order valence-corrected chi connectivity index (χ3v) is 5.54. The van der Waals surface area contributed by atoms with E-state index < -0.39 is 17.3 Å². The molecular weight excluding hydrogens is 383 g/mol. The maximum absolute atomic E-state index is 13.1. The number of nitrogens with one attached hydrogen (secondary N) is 1. The van der Waals surface area contributed by atoms with Crippen molar-refractivity contribution in [3.05, 3.63) is 62.8 Å². The number of halogens is 3. The summed E-state index contributed by atoms with van der Waals surface area (Å²) in [5.41, 5.74) is 1.57. The van der Waals surface area contributed by atoms with Crippen molar-refractivity contribution < 1.29 is 13.2 Å². The lowest BCUT2D eigenvalue weighted by Crippen LogP contribution is -2.38. The van der Waals surface area contributed by atoms with Crippen LogP contribution in [0, 0.1) is 13.8 Å². The second kappa shape index (κ2) is 6.53. The first-order chi connectivity index (χ1) is 13.6. The number of rotatable bonds is 2. The Hall–Kier alpha value is -2.97. The number of aryl methyl sites for hydroxylation is 2. The van der Waals surface area contributed by atoms with Gasteiger partial charge in [0, 0.05) is 6.07 Å². The number of hydrogen-bond donors (Lipinski definition) is 1. The van der Waals surface area contributed by atoms with Gasteiger partial charge < -0.3 is 4.98 Å². The molecule has 4 rings (SSSR count). The highest BCUT2D eigenvalue weighted by atomic mass is 19.4. The van der Waals surface area contributed by atoms with E-state index in [1.807, 2.05) is 6.92 Å². The van der Waals surface area contributed by atoms with Gasteiger partial charge in [-0.25, -0.2) is 9.67 Å². The smallest absolute Gasteiger partial charge is 0.311 e. The van der Waals surface area contributed by atoms with Crippen LogP contribution in [0.5, 0.6) is 0 Å². The van der Waals surface area contributed by atoms with Gasteiger partial charge in [0.05, 0.1) is 16.8 Å². The van der Waals surface area contributed by atoms with Crippen LogP contribution in [0.2, 0.25) is 0 Å². The summed E-state index contributed by atoms with van der Waals surface area (Å²) < 4.78 is 41.0. The van der Waals surface area contributed by atoms with E-state index in [0.717, 1.165) is 30.2 Å². The highest BCUT2D eigenvalue weighted by Crippen LogP contribution is 2.41. The molecule has 0 aliphatic carbocycles. The van der Waals surface area contributed by atoms with Crippen molar-refractivity contribution in [3.63, 3.8) is 0 Å². The highest BCUT2D eigenvalue weighted by molar-refractivity contribution is 5.57. The summed E-state index contributed by atoms with van der Waals surface area (Å²) in [5.74, 6) is 0.478. The second-order valence-electron chi connectivity index (χ2n) is 7.67. The van der Waals surface area contributed by atoms with Crippen LogP contribution in [-0.4, -0.2) is 25.0 Å². The molecule has 6 nitrogen and oxygen atoms in total. The van der Waals surface area contributed by atoms with Crippen LogP contribution in [-0.2, 0) is 18.1 Å². The zero-order valence-electron chi connectivity index (χ0n) is 16.3. The third kappa shape index (κ3) is 3.24. The third-order valence-electron chi connectivity index (χ3n) is 5.54. The van der Waals surface area contributed by atoms with E-state index >= 15 is 0 Å². The molecule has 9 heteroatoms. The lowest BCUT2D eigenvalue weighted by atomic mass is 9.81.